The smallest absolute Gasteiger partial charge is 0.198 e. The zero-order chi connectivity index (χ0) is 13.8. The van der Waals surface area contributed by atoms with Gasteiger partial charge in [-0.2, -0.15) is 0 Å². The van der Waals surface area contributed by atoms with E-state index in [2.05, 4.69) is 10.2 Å². The molecule has 0 radical (unpaired) electrons. The number of hydrogen-bond donors (Lipinski definition) is 1. The Morgan fingerprint density at radius 1 is 1.05 bits per heavy atom. The Hall–Kier alpha value is -1.22. The molecule has 0 saturated heterocycles. The van der Waals surface area contributed by atoms with Crippen LogP contribution in [0.5, 0.6) is 0 Å². The monoisotopic (exact) mass is 291 g/mol. The van der Waals surface area contributed by atoms with Gasteiger partial charge in [0.2, 0.25) is 0 Å². The van der Waals surface area contributed by atoms with E-state index in [1.165, 1.54) is 38.5 Å². The van der Waals surface area contributed by atoms with E-state index in [4.69, 9.17) is 16.6 Å². The van der Waals surface area contributed by atoms with Crippen molar-refractivity contribution in [1.29, 1.82) is 0 Å². The Balaban J connectivity index is 1.71. The number of hydrogen-bond acceptors (Lipinski definition) is 3. The van der Waals surface area contributed by atoms with Gasteiger partial charge in [0.25, 0.3) is 0 Å². The van der Waals surface area contributed by atoms with E-state index in [1.807, 2.05) is 24.3 Å². The lowest BCUT2D eigenvalue weighted by Gasteiger charge is -2.38. The van der Waals surface area contributed by atoms with Crippen molar-refractivity contribution in [3.8, 4) is 0 Å². The van der Waals surface area contributed by atoms with Gasteiger partial charge in [-0.25, -0.2) is 0 Å². The van der Waals surface area contributed by atoms with Gasteiger partial charge in [-0.1, -0.05) is 30.9 Å². The molecule has 3 nitrogen and oxygen atoms in total. The van der Waals surface area contributed by atoms with Gasteiger partial charge in [0, 0.05) is 29.8 Å². The molecule has 1 heterocycles. The summed E-state index contributed by atoms with van der Waals surface area (Å²) in [7, 11) is 0. The van der Waals surface area contributed by atoms with Crippen LogP contribution < -0.4 is 5.32 Å². The van der Waals surface area contributed by atoms with Crippen LogP contribution in [0.2, 0.25) is 5.02 Å². The van der Waals surface area contributed by atoms with Gasteiger partial charge >= 0.3 is 0 Å². The fourth-order valence-electron chi connectivity index (χ4n) is 3.14. The van der Waals surface area contributed by atoms with Crippen LogP contribution in [0, 0.1) is 0 Å². The van der Waals surface area contributed by atoms with Gasteiger partial charge in [0.1, 0.15) is 0 Å². The van der Waals surface area contributed by atoms with Gasteiger partial charge in [-0.05, 0) is 43.5 Å². The number of halogens is 1. The summed E-state index contributed by atoms with van der Waals surface area (Å²) >= 11 is 5.94. The van der Waals surface area contributed by atoms with E-state index in [0.717, 1.165) is 29.8 Å². The maximum atomic E-state index is 5.94. The third-order valence-electron chi connectivity index (χ3n) is 4.21. The van der Waals surface area contributed by atoms with Crippen molar-refractivity contribution < 1.29 is 0 Å². The summed E-state index contributed by atoms with van der Waals surface area (Å²) in [6.45, 7) is 2.06. The summed E-state index contributed by atoms with van der Waals surface area (Å²) in [5.74, 6) is 1.05. The normalized spacial score (nSPS) is 20.6. The molecule has 0 aromatic heterocycles. The lowest BCUT2D eigenvalue weighted by molar-refractivity contribution is 0.234. The van der Waals surface area contributed by atoms with Crippen molar-refractivity contribution in [2.75, 3.05) is 18.4 Å². The van der Waals surface area contributed by atoms with Crippen LogP contribution >= 0.6 is 11.6 Å². The van der Waals surface area contributed by atoms with Crippen molar-refractivity contribution in [1.82, 2.24) is 4.90 Å². The number of anilines is 1. The molecular weight excluding hydrogens is 270 g/mol. The molecule has 3 rings (SSSR count). The third kappa shape index (κ3) is 3.26. The predicted octanol–water partition coefficient (Wildman–Crippen LogP) is 4.15. The summed E-state index contributed by atoms with van der Waals surface area (Å²) < 4.78 is 0. The average Bonchev–Trinajstić information content (AvgIpc) is 2.51. The van der Waals surface area contributed by atoms with Crippen molar-refractivity contribution in [3.63, 3.8) is 0 Å². The van der Waals surface area contributed by atoms with E-state index >= 15 is 0 Å². The molecule has 0 bridgehead atoms. The highest BCUT2D eigenvalue weighted by Crippen LogP contribution is 2.25. The molecule has 20 heavy (non-hydrogen) atoms. The lowest BCUT2D eigenvalue weighted by Crippen LogP contribution is -2.47. The number of guanidine groups is 1. The van der Waals surface area contributed by atoms with Gasteiger partial charge in [-0.15, -0.1) is 0 Å². The molecule has 2 aliphatic rings. The fraction of sp³-hybridized carbons (Fsp3) is 0.562. The molecule has 1 N–H and O–H groups in total. The summed E-state index contributed by atoms with van der Waals surface area (Å²) in [6.07, 6.45) is 7.89. The summed E-state index contributed by atoms with van der Waals surface area (Å²) in [5.41, 5.74) is 1.07. The van der Waals surface area contributed by atoms with E-state index < -0.39 is 0 Å². The quantitative estimate of drug-likeness (QED) is 0.886. The highest BCUT2D eigenvalue weighted by Gasteiger charge is 2.25. The molecule has 1 aliphatic heterocycles. The third-order valence-corrected chi connectivity index (χ3v) is 4.46. The van der Waals surface area contributed by atoms with Crippen molar-refractivity contribution in [2.24, 2.45) is 4.99 Å². The minimum atomic E-state index is 0.669. The first-order chi connectivity index (χ1) is 9.83. The standard InChI is InChI=1S/C16H22ClN3/c17-13-7-9-14(10-8-13)19-16-18-11-4-12-20(16)15-5-2-1-3-6-15/h7-10,15H,1-6,11-12H2,(H,18,19). The summed E-state index contributed by atoms with van der Waals surface area (Å²) in [5, 5.41) is 4.24. The first-order valence-electron chi connectivity index (χ1n) is 7.66. The number of nitrogens with zero attached hydrogens (tertiary/aromatic N) is 2. The minimum absolute atomic E-state index is 0.669. The van der Waals surface area contributed by atoms with Crippen molar-refractivity contribution in [3.05, 3.63) is 29.3 Å². The second kappa shape index (κ2) is 6.49. The fourth-order valence-corrected chi connectivity index (χ4v) is 3.27. The molecule has 1 saturated carbocycles. The van der Waals surface area contributed by atoms with Crippen LogP contribution in [0.4, 0.5) is 5.69 Å². The minimum Gasteiger partial charge on any atom is -0.340 e. The molecular formula is C16H22ClN3. The second-order valence-electron chi connectivity index (χ2n) is 5.68. The lowest BCUT2D eigenvalue weighted by atomic mass is 9.94. The molecule has 1 aliphatic carbocycles. The van der Waals surface area contributed by atoms with Crippen LogP contribution in [-0.4, -0.2) is 30.0 Å². The van der Waals surface area contributed by atoms with Gasteiger partial charge in [0.15, 0.2) is 5.96 Å². The molecule has 1 aromatic rings. The average molecular weight is 292 g/mol. The van der Waals surface area contributed by atoms with E-state index in [9.17, 15) is 0 Å². The van der Waals surface area contributed by atoms with Crippen LogP contribution in [0.25, 0.3) is 0 Å². The molecule has 0 spiro atoms. The molecule has 1 aromatic carbocycles. The van der Waals surface area contributed by atoms with E-state index in [-0.39, 0.29) is 0 Å². The highest BCUT2D eigenvalue weighted by atomic mass is 35.5. The van der Waals surface area contributed by atoms with Crippen molar-refractivity contribution >= 4 is 23.2 Å². The Bertz CT molecular complexity index is 463. The van der Waals surface area contributed by atoms with E-state index in [0.29, 0.717) is 6.04 Å². The van der Waals surface area contributed by atoms with Crippen LogP contribution in [0.15, 0.2) is 29.3 Å². The maximum Gasteiger partial charge on any atom is 0.198 e. The van der Waals surface area contributed by atoms with Crippen LogP contribution in [0.3, 0.4) is 0 Å². The molecule has 1 fully saturated rings. The highest BCUT2D eigenvalue weighted by molar-refractivity contribution is 6.30. The Kier molecular flexibility index (Phi) is 4.46. The topological polar surface area (TPSA) is 27.6 Å². The van der Waals surface area contributed by atoms with Gasteiger partial charge < -0.3 is 10.2 Å². The van der Waals surface area contributed by atoms with Gasteiger partial charge in [0.05, 0.1) is 0 Å². The number of aliphatic imine (C=N–C) groups is 1. The summed E-state index contributed by atoms with van der Waals surface area (Å²) in [6, 6.07) is 8.52. The number of rotatable bonds is 2. The molecule has 108 valence electrons. The maximum absolute atomic E-state index is 5.94. The largest absolute Gasteiger partial charge is 0.340 e. The number of nitrogens with one attached hydrogen (secondary N) is 1. The molecule has 0 amide bonds. The Morgan fingerprint density at radius 2 is 1.80 bits per heavy atom. The molecule has 0 unspecified atom stereocenters. The predicted molar refractivity (Wildman–Crippen MR) is 85.6 cm³/mol. The SMILES string of the molecule is Clc1ccc(NC2=NCCCN2C2CCCCC2)cc1. The molecule has 0 atom stereocenters. The Labute approximate surface area is 126 Å². The number of benzene rings is 1. The van der Waals surface area contributed by atoms with E-state index in [1.54, 1.807) is 0 Å². The molecule has 4 heteroatoms. The zero-order valence-electron chi connectivity index (χ0n) is 11.8. The summed E-state index contributed by atoms with van der Waals surface area (Å²) in [4.78, 5) is 7.19. The van der Waals surface area contributed by atoms with Crippen LogP contribution in [-0.2, 0) is 0 Å². The zero-order valence-corrected chi connectivity index (χ0v) is 12.6. The van der Waals surface area contributed by atoms with Gasteiger partial charge in [-0.3, -0.25) is 4.99 Å². The van der Waals surface area contributed by atoms with Crippen molar-refractivity contribution in [2.45, 2.75) is 44.6 Å². The Morgan fingerprint density at radius 3 is 2.55 bits per heavy atom. The second-order valence-corrected chi connectivity index (χ2v) is 6.11. The van der Waals surface area contributed by atoms with Crippen LogP contribution in [0.1, 0.15) is 38.5 Å². The first-order valence-corrected chi connectivity index (χ1v) is 8.04. The first kappa shape index (κ1) is 13.7.